The number of carbonyl (C=O) groups is 2. The van der Waals surface area contributed by atoms with E-state index in [1.165, 1.54) is 12.1 Å². The van der Waals surface area contributed by atoms with Gasteiger partial charge in [0.25, 0.3) is 0 Å². The summed E-state index contributed by atoms with van der Waals surface area (Å²) in [5.74, 6) is -2.09. The number of nitrogens with one attached hydrogen (secondary N) is 3. The highest BCUT2D eigenvalue weighted by atomic mass is 19.4. The van der Waals surface area contributed by atoms with Crippen LogP contribution in [-0.4, -0.2) is 30.1 Å². The molecule has 0 spiro atoms. The van der Waals surface area contributed by atoms with Crippen LogP contribution in [0.1, 0.15) is 32.8 Å². The first-order valence-corrected chi connectivity index (χ1v) is 7.46. The molecular weight excluding hydrogens is 323 g/mol. The summed E-state index contributed by atoms with van der Waals surface area (Å²) in [7, 11) is 0. The number of anilines is 1. The quantitative estimate of drug-likeness (QED) is 0.694. The molecule has 1 rings (SSSR count). The van der Waals surface area contributed by atoms with Crippen LogP contribution in [0.4, 0.5) is 18.9 Å². The second kappa shape index (κ2) is 8.14. The maximum absolute atomic E-state index is 12.2. The monoisotopic (exact) mass is 345 g/mol. The summed E-state index contributed by atoms with van der Waals surface area (Å²) in [6, 6.07) is 6.09. The van der Waals surface area contributed by atoms with Crippen molar-refractivity contribution in [1.29, 1.82) is 0 Å². The zero-order valence-corrected chi connectivity index (χ0v) is 13.9. The normalized spacial score (nSPS) is 11.9. The van der Waals surface area contributed by atoms with E-state index >= 15 is 0 Å². The summed E-state index contributed by atoms with van der Waals surface area (Å²) in [4.78, 5) is 22.5. The number of hydrogen-bond acceptors (Lipinski definition) is 3. The summed E-state index contributed by atoms with van der Waals surface area (Å²) in [6.45, 7) is 6.47. The molecule has 0 aromatic heterocycles. The van der Waals surface area contributed by atoms with Gasteiger partial charge < -0.3 is 16.0 Å². The summed E-state index contributed by atoms with van der Waals surface area (Å²) < 4.78 is 36.6. The van der Waals surface area contributed by atoms with Gasteiger partial charge in [-0.25, -0.2) is 0 Å². The van der Waals surface area contributed by atoms with Gasteiger partial charge in [-0.2, -0.15) is 13.2 Å². The third-order valence-corrected chi connectivity index (χ3v) is 2.81. The third kappa shape index (κ3) is 7.96. The zero-order chi connectivity index (χ0) is 18.4. The molecule has 0 unspecified atom stereocenters. The zero-order valence-electron chi connectivity index (χ0n) is 13.9. The van der Waals surface area contributed by atoms with Gasteiger partial charge in [0.15, 0.2) is 0 Å². The fourth-order valence-electron chi connectivity index (χ4n) is 1.88. The first kappa shape index (κ1) is 20.0. The van der Waals surface area contributed by atoms with E-state index in [1.54, 1.807) is 17.4 Å². The average Bonchev–Trinajstić information content (AvgIpc) is 2.41. The largest absolute Gasteiger partial charge is 0.471 e. The number of rotatable bonds is 6. The third-order valence-electron chi connectivity index (χ3n) is 2.81. The van der Waals surface area contributed by atoms with E-state index in [-0.39, 0.29) is 17.1 Å². The highest BCUT2D eigenvalue weighted by Crippen LogP contribution is 2.18. The molecule has 0 aliphatic rings. The topological polar surface area (TPSA) is 70.2 Å². The minimum absolute atomic E-state index is 0.0714. The molecule has 1 aromatic carbocycles. The Bertz CT molecular complexity index is 581. The van der Waals surface area contributed by atoms with E-state index in [9.17, 15) is 22.8 Å². The maximum Gasteiger partial charge on any atom is 0.471 e. The molecule has 0 fully saturated rings. The Labute approximate surface area is 139 Å². The molecule has 0 radical (unpaired) electrons. The van der Waals surface area contributed by atoms with Gasteiger partial charge >= 0.3 is 12.1 Å². The van der Waals surface area contributed by atoms with Gasteiger partial charge in [-0.3, -0.25) is 9.59 Å². The average molecular weight is 345 g/mol. The molecule has 134 valence electrons. The van der Waals surface area contributed by atoms with E-state index in [4.69, 9.17) is 0 Å². The van der Waals surface area contributed by atoms with Crippen molar-refractivity contribution in [3.63, 3.8) is 0 Å². The Hall–Kier alpha value is -2.09. The van der Waals surface area contributed by atoms with Gasteiger partial charge in [-0.1, -0.05) is 12.1 Å². The highest BCUT2D eigenvalue weighted by molar-refractivity contribution is 5.94. The van der Waals surface area contributed by atoms with Crippen LogP contribution in [-0.2, 0) is 16.1 Å². The molecule has 0 bridgehead atoms. The van der Waals surface area contributed by atoms with Crippen molar-refractivity contribution in [3.8, 4) is 0 Å². The van der Waals surface area contributed by atoms with Crippen LogP contribution in [0, 0.1) is 0 Å². The Morgan fingerprint density at radius 3 is 2.38 bits per heavy atom. The molecular formula is C16H22F3N3O2. The fraction of sp³-hybridized carbons (Fsp3) is 0.500. The number of benzene rings is 1. The van der Waals surface area contributed by atoms with Gasteiger partial charge in [-0.15, -0.1) is 0 Å². The number of alkyl halides is 3. The summed E-state index contributed by atoms with van der Waals surface area (Å²) in [6.07, 6.45) is -4.63. The van der Waals surface area contributed by atoms with Crippen LogP contribution in [0.2, 0.25) is 0 Å². The number of hydrogen-bond donors (Lipinski definition) is 3. The lowest BCUT2D eigenvalue weighted by molar-refractivity contribution is -0.167. The van der Waals surface area contributed by atoms with Gasteiger partial charge in [0.05, 0.1) is 0 Å². The minimum atomic E-state index is -4.92. The standard InChI is InChI=1S/C16H22F3N3O2/c1-15(2,3)22-13(23)7-8-20-10-11-5-4-6-12(9-11)21-14(24)16(17,18)19/h4-6,9,20H,7-8,10H2,1-3H3,(H,21,24)(H,22,23). The van der Waals surface area contributed by atoms with Gasteiger partial charge in [0.2, 0.25) is 5.91 Å². The molecule has 2 amide bonds. The van der Waals surface area contributed by atoms with Crippen LogP contribution in [0.5, 0.6) is 0 Å². The fourth-order valence-corrected chi connectivity index (χ4v) is 1.88. The van der Waals surface area contributed by atoms with Crippen molar-refractivity contribution in [2.24, 2.45) is 0 Å². The van der Waals surface area contributed by atoms with Crippen LogP contribution in [0.25, 0.3) is 0 Å². The maximum atomic E-state index is 12.2. The molecule has 0 atom stereocenters. The van der Waals surface area contributed by atoms with Crippen molar-refractivity contribution >= 4 is 17.5 Å². The van der Waals surface area contributed by atoms with E-state index in [0.29, 0.717) is 25.1 Å². The van der Waals surface area contributed by atoms with Gasteiger partial charge in [-0.05, 0) is 38.5 Å². The molecule has 5 nitrogen and oxygen atoms in total. The molecule has 0 aliphatic heterocycles. The van der Waals surface area contributed by atoms with Crippen LogP contribution in [0.3, 0.4) is 0 Å². The molecule has 3 N–H and O–H groups in total. The van der Waals surface area contributed by atoms with Crippen molar-refractivity contribution in [2.75, 3.05) is 11.9 Å². The van der Waals surface area contributed by atoms with Crippen molar-refractivity contribution in [3.05, 3.63) is 29.8 Å². The molecule has 0 saturated carbocycles. The van der Waals surface area contributed by atoms with Gasteiger partial charge in [0.1, 0.15) is 0 Å². The predicted octanol–water partition coefficient (Wildman–Crippen LogP) is 2.58. The second-order valence-electron chi connectivity index (χ2n) is 6.38. The lowest BCUT2D eigenvalue weighted by Gasteiger charge is -2.20. The Kier molecular flexibility index (Phi) is 6.77. The summed E-state index contributed by atoms with van der Waals surface area (Å²) >= 11 is 0. The smallest absolute Gasteiger partial charge is 0.351 e. The lowest BCUT2D eigenvalue weighted by atomic mass is 10.1. The summed E-state index contributed by atoms with van der Waals surface area (Å²) in [5, 5.41) is 7.66. The van der Waals surface area contributed by atoms with Crippen molar-refractivity contribution in [2.45, 2.75) is 45.5 Å². The number of halogens is 3. The molecule has 0 heterocycles. The minimum Gasteiger partial charge on any atom is -0.351 e. The van der Waals surface area contributed by atoms with E-state index in [0.717, 1.165) is 0 Å². The van der Waals surface area contributed by atoms with Gasteiger partial charge in [0, 0.05) is 30.7 Å². The van der Waals surface area contributed by atoms with Crippen LogP contribution in [0.15, 0.2) is 24.3 Å². The highest BCUT2D eigenvalue weighted by Gasteiger charge is 2.38. The summed E-state index contributed by atoms with van der Waals surface area (Å²) in [5.41, 5.74) is 0.482. The Morgan fingerprint density at radius 1 is 1.12 bits per heavy atom. The first-order valence-electron chi connectivity index (χ1n) is 7.46. The van der Waals surface area contributed by atoms with Crippen molar-refractivity contribution in [1.82, 2.24) is 10.6 Å². The predicted molar refractivity (Wildman–Crippen MR) is 85.3 cm³/mol. The van der Waals surface area contributed by atoms with Crippen LogP contribution < -0.4 is 16.0 Å². The molecule has 8 heteroatoms. The molecule has 0 aliphatic carbocycles. The molecule has 0 saturated heterocycles. The molecule has 1 aromatic rings. The Morgan fingerprint density at radius 2 is 1.79 bits per heavy atom. The number of amides is 2. The first-order chi connectivity index (χ1) is 11.0. The molecule has 24 heavy (non-hydrogen) atoms. The lowest BCUT2D eigenvalue weighted by Crippen LogP contribution is -2.41. The van der Waals surface area contributed by atoms with E-state index < -0.39 is 12.1 Å². The van der Waals surface area contributed by atoms with E-state index in [2.05, 4.69) is 10.6 Å². The number of carbonyl (C=O) groups excluding carboxylic acids is 2. The van der Waals surface area contributed by atoms with E-state index in [1.807, 2.05) is 20.8 Å². The Balaban J connectivity index is 2.43. The SMILES string of the molecule is CC(C)(C)NC(=O)CCNCc1cccc(NC(=O)C(F)(F)F)c1. The van der Waals surface area contributed by atoms with Crippen LogP contribution >= 0.6 is 0 Å². The van der Waals surface area contributed by atoms with Crippen molar-refractivity contribution < 1.29 is 22.8 Å². The second-order valence-corrected chi connectivity index (χ2v) is 6.38.